The molecular weight excluding hydrogens is 360 g/mol. The number of pyridine rings is 1. The van der Waals surface area contributed by atoms with Gasteiger partial charge in [0.25, 0.3) is 5.91 Å². The second-order valence-electron chi connectivity index (χ2n) is 6.28. The minimum absolute atomic E-state index is 0.158. The molecule has 0 spiro atoms. The number of anilines is 1. The normalized spacial score (nSPS) is 13.2. The van der Waals surface area contributed by atoms with Gasteiger partial charge in [-0.15, -0.1) is 11.3 Å². The van der Waals surface area contributed by atoms with Crippen LogP contribution in [0.5, 0.6) is 0 Å². The van der Waals surface area contributed by atoms with E-state index < -0.39 is 0 Å². The summed E-state index contributed by atoms with van der Waals surface area (Å²) in [6.45, 7) is 5.35. The summed E-state index contributed by atoms with van der Waals surface area (Å²) >= 11 is 1.69. The Morgan fingerprint density at radius 3 is 2.96 bits per heavy atom. The fourth-order valence-corrected chi connectivity index (χ4v) is 4.12. The van der Waals surface area contributed by atoms with Crippen LogP contribution in [0.3, 0.4) is 0 Å². The lowest BCUT2D eigenvalue weighted by Gasteiger charge is -2.20. The van der Waals surface area contributed by atoms with E-state index in [-0.39, 0.29) is 5.91 Å². The summed E-state index contributed by atoms with van der Waals surface area (Å²) < 4.78 is 0. The van der Waals surface area contributed by atoms with Gasteiger partial charge in [-0.2, -0.15) is 0 Å². The van der Waals surface area contributed by atoms with Gasteiger partial charge in [-0.3, -0.25) is 9.78 Å². The smallest absolute Gasteiger partial charge is 0.270 e. The van der Waals surface area contributed by atoms with E-state index in [1.165, 1.54) is 4.88 Å². The van der Waals surface area contributed by atoms with Gasteiger partial charge in [0.15, 0.2) is 5.82 Å². The summed E-state index contributed by atoms with van der Waals surface area (Å²) in [5, 5.41) is 7.34. The molecule has 0 unspecified atom stereocenters. The van der Waals surface area contributed by atoms with Crippen LogP contribution in [0, 0.1) is 6.92 Å². The van der Waals surface area contributed by atoms with Crippen molar-refractivity contribution in [2.45, 2.75) is 33.2 Å². The average molecular weight is 380 g/mol. The summed E-state index contributed by atoms with van der Waals surface area (Å²) in [5.41, 5.74) is 3.20. The van der Waals surface area contributed by atoms with E-state index in [4.69, 9.17) is 4.98 Å². The van der Waals surface area contributed by atoms with E-state index in [9.17, 15) is 4.79 Å². The maximum Gasteiger partial charge on any atom is 0.270 e. The monoisotopic (exact) mass is 380 g/mol. The van der Waals surface area contributed by atoms with Gasteiger partial charge in [-0.05, 0) is 31.9 Å². The molecule has 4 rings (SSSR count). The van der Waals surface area contributed by atoms with Crippen molar-refractivity contribution < 1.29 is 4.79 Å². The first-order chi connectivity index (χ1) is 13.2. The molecule has 138 valence electrons. The Balaban J connectivity index is 1.72. The van der Waals surface area contributed by atoms with Gasteiger partial charge in [-0.1, -0.05) is 6.92 Å². The number of nitrogens with zero attached hydrogens (tertiary/aromatic N) is 4. The molecule has 0 fully saturated rings. The Morgan fingerprint density at radius 2 is 2.19 bits per heavy atom. The Bertz CT molecular complexity index is 985. The zero-order valence-corrected chi connectivity index (χ0v) is 16.1. The zero-order valence-electron chi connectivity index (χ0n) is 15.2. The van der Waals surface area contributed by atoms with Crippen LogP contribution in [0.1, 0.15) is 38.6 Å². The molecule has 0 saturated carbocycles. The number of thiazole rings is 1. The van der Waals surface area contributed by atoms with Crippen LogP contribution in [-0.2, 0) is 19.4 Å². The van der Waals surface area contributed by atoms with Crippen LogP contribution in [-0.4, -0.2) is 32.4 Å². The quantitative estimate of drug-likeness (QED) is 0.707. The van der Waals surface area contributed by atoms with Gasteiger partial charge in [-0.25, -0.2) is 15.0 Å². The molecule has 0 radical (unpaired) electrons. The molecule has 0 bridgehead atoms. The molecule has 0 aromatic carbocycles. The summed E-state index contributed by atoms with van der Waals surface area (Å²) in [6.07, 6.45) is 5.01. The van der Waals surface area contributed by atoms with E-state index in [1.807, 2.05) is 19.1 Å². The number of hydrogen-bond acceptors (Lipinski definition) is 7. The summed E-state index contributed by atoms with van der Waals surface area (Å²) in [5.74, 6) is 1.05. The Kier molecular flexibility index (Phi) is 4.81. The van der Waals surface area contributed by atoms with Gasteiger partial charge in [0, 0.05) is 34.9 Å². The zero-order chi connectivity index (χ0) is 18.8. The molecule has 0 saturated heterocycles. The van der Waals surface area contributed by atoms with Crippen LogP contribution in [0.4, 0.5) is 5.82 Å². The second-order valence-corrected chi connectivity index (χ2v) is 7.57. The van der Waals surface area contributed by atoms with Gasteiger partial charge < -0.3 is 10.6 Å². The molecule has 1 amide bonds. The van der Waals surface area contributed by atoms with Gasteiger partial charge in [0.1, 0.15) is 11.5 Å². The maximum absolute atomic E-state index is 12.3. The van der Waals surface area contributed by atoms with Crippen LogP contribution < -0.4 is 10.6 Å². The van der Waals surface area contributed by atoms with Crippen LogP contribution in [0.2, 0.25) is 0 Å². The summed E-state index contributed by atoms with van der Waals surface area (Å²) in [6, 6.07) is 3.72. The molecule has 8 heteroatoms. The van der Waals surface area contributed by atoms with E-state index in [0.717, 1.165) is 28.2 Å². The number of nitrogens with one attached hydrogen (secondary N) is 2. The van der Waals surface area contributed by atoms with Gasteiger partial charge in [0.2, 0.25) is 0 Å². The van der Waals surface area contributed by atoms with Crippen molar-refractivity contribution in [1.82, 2.24) is 25.3 Å². The lowest BCUT2D eigenvalue weighted by molar-refractivity contribution is 0.0940. The maximum atomic E-state index is 12.3. The van der Waals surface area contributed by atoms with E-state index >= 15 is 0 Å². The number of fused-ring (bicyclic) bond motifs is 1. The van der Waals surface area contributed by atoms with Crippen molar-refractivity contribution in [3.8, 4) is 11.4 Å². The topological polar surface area (TPSA) is 92.7 Å². The molecular formula is C19H20N6OS. The van der Waals surface area contributed by atoms with E-state index in [1.54, 1.807) is 23.7 Å². The van der Waals surface area contributed by atoms with Crippen LogP contribution >= 0.6 is 11.3 Å². The number of aryl methyl sites for hydroxylation is 2. The molecule has 2 N–H and O–H groups in total. The molecule has 0 atom stereocenters. The van der Waals surface area contributed by atoms with Crippen molar-refractivity contribution >= 4 is 23.1 Å². The van der Waals surface area contributed by atoms with Crippen molar-refractivity contribution in [2.75, 3.05) is 11.9 Å². The molecule has 0 aliphatic carbocycles. The number of carbonyl (C=O) groups is 1. The average Bonchev–Trinajstić information content (AvgIpc) is 3.07. The van der Waals surface area contributed by atoms with Gasteiger partial charge >= 0.3 is 0 Å². The molecule has 7 nitrogen and oxygen atoms in total. The van der Waals surface area contributed by atoms with E-state index in [0.29, 0.717) is 36.8 Å². The largest absolute Gasteiger partial charge is 0.365 e. The highest BCUT2D eigenvalue weighted by molar-refractivity contribution is 7.11. The first kappa shape index (κ1) is 17.5. The lowest BCUT2D eigenvalue weighted by Crippen LogP contribution is -2.34. The van der Waals surface area contributed by atoms with Gasteiger partial charge in [0.05, 0.1) is 17.2 Å². The molecule has 1 aliphatic rings. The minimum atomic E-state index is -0.158. The predicted octanol–water partition coefficient (Wildman–Crippen LogP) is 2.76. The first-order valence-corrected chi connectivity index (χ1v) is 9.76. The Hall–Kier alpha value is -2.87. The first-order valence-electron chi connectivity index (χ1n) is 8.94. The number of hydrogen-bond donors (Lipinski definition) is 2. The minimum Gasteiger partial charge on any atom is -0.365 e. The van der Waals surface area contributed by atoms with Crippen LogP contribution in [0.15, 0.2) is 24.5 Å². The standard InChI is InChI=1S/C19H20N6OS/c1-3-14-15(27-11(2)23-14)10-22-18-13-6-8-21-19(26)16(13)24-17(25-18)12-5-4-7-20-9-12/h4-5,7,9H,3,6,8,10H2,1-2H3,(H,21,26)(H,22,24,25). The fraction of sp³-hybridized carbons (Fsp3) is 0.316. The number of rotatable bonds is 5. The SMILES string of the molecule is CCc1nc(C)sc1CNc1nc(-c2cccnc2)nc2c1CCNC2=O. The number of carbonyl (C=O) groups excluding carboxylic acids is 1. The summed E-state index contributed by atoms with van der Waals surface area (Å²) in [7, 11) is 0. The van der Waals surface area contributed by atoms with Crippen molar-refractivity contribution in [1.29, 1.82) is 0 Å². The number of aromatic nitrogens is 4. The highest BCUT2D eigenvalue weighted by Gasteiger charge is 2.24. The molecule has 4 heterocycles. The van der Waals surface area contributed by atoms with E-state index in [2.05, 4.69) is 32.5 Å². The van der Waals surface area contributed by atoms with Crippen molar-refractivity contribution in [3.63, 3.8) is 0 Å². The third-order valence-corrected chi connectivity index (χ3v) is 5.45. The predicted molar refractivity (Wildman–Crippen MR) is 105 cm³/mol. The molecule has 3 aromatic rings. The Labute approximate surface area is 161 Å². The number of amides is 1. The third kappa shape index (κ3) is 3.52. The molecule has 1 aliphatic heterocycles. The highest BCUT2D eigenvalue weighted by atomic mass is 32.1. The lowest BCUT2D eigenvalue weighted by atomic mass is 10.1. The third-order valence-electron chi connectivity index (χ3n) is 4.44. The second kappa shape index (κ2) is 7.40. The Morgan fingerprint density at radius 1 is 1.30 bits per heavy atom. The van der Waals surface area contributed by atoms with Crippen LogP contribution in [0.25, 0.3) is 11.4 Å². The van der Waals surface area contributed by atoms with Crippen molar-refractivity contribution in [2.24, 2.45) is 0 Å². The van der Waals surface area contributed by atoms with Crippen molar-refractivity contribution in [3.05, 3.63) is 51.4 Å². The molecule has 3 aromatic heterocycles. The highest BCUT2D eigenvalue weighted by Crippen LogP contribution is 2.26. The fourth-order valence-electron chi connectivity index (χ4n) is 3.15. The summed E-state index contributed by atoms with van der Waals surface area (Å²) in [4.78, 5) is 31.5. The molecule has 27 heavy (non-hydrogen) atoms.